The predicted octanol–water partition coefficient (Wildman–Crippen LogP) is 1.92. The van der Waals surface area contributed by atoms with E-state index in [2.05, 4.69) is 4.90 Å². The highest BCUT2D eigenvalue weighted by Gasteiger charge is 2.49. The van der Waals surface area contributed by atoms with Crippen molar-refractivity contribution in [3.8, 4) is 0 Å². The molecule has 0 atom stereocenters. The largest absolute Gasteiger partial charge is 0.302 e. The minimum Gasteiger partial charge on any atom is -0.302 e. The summed E-state index contributed by atoms with van der Waals surface area (Å²) in [6, 6.07) is 0. The highest BCUT2D eigenvalue weighted by molar-refractivity contribution is 7.89. The van der Waals surface area contributed by atoms with Crippen LogP contribution in [0.15, 0.2) is 0 Å². The summed E-state index contributed by atoms with van der Waals surface area (Å²) in [6.45, 7) is 6.76. The second-order valence-electron chi connectivity index (χ2n) is 7.16. The van der Waals surface area contributed by atoms with E-state index >= 15 is 0 Å². The van der Waals surface area contributed by atoms with Crippen molar-refractivity contribution in [2.75, 3.05) is 38.5 Å². The Morgan fingerprint density at radius 3 is 2.45 bits per heavy atom. The van der Waals surface area contributed by atoms with Crippen LogP contribution in [0.3, 0.4) is 0 Å². The van der Waals surface area contributed by atoms with E-state index in [0.717, 1.165) is 38.5 Å². The third-order valence-corrected chi connectivity index (χ3v) is 7.35. The SMILES string of the molecule is CCS(=O)(=O)N1CCC2(CN(CC3CCCCC3)C2)C1. The van der Waals surface area contributed by atoms with E-state index in [9.17, 15) is 8.42 Å². The topological polar surface area (TPSA) is 40.6 Å². The molecular formula is C15H28N2O2S. The molecule has 3 rings (SSSR count). The lowest BCUT2D eigenvalue weighted by Gasteiger charge is -2.49. The van der Waals surface area contributed by atoms with Crippen LogP contribution < -0.4 is 0 Å². The fraction of sp³-hybridized carbons (Fsp3) is 1.00. The van der Waals surface area contributed by atoms with Crippen LogP contribution in [-0.4, -0.2) is 56.1 Å². The number of likely N-dealkylation sites (tertiary alicyclic amines) is 1. The molecule has 0 amide bonds. The lowest BCUT2D eigenvalue weighted by atomic mass is 9.78. The maximum atomic E-state index is 11.9. The summed E-state index contributed by atoms with van der Waals surface area (Å²) in [5.74, 6) is 1.15. The van der Waals surface area contributed by atoms with E-state index in [1.54, 1.807) is 11.2 Å². The Balaban J connectivity index is 1.48. The van der Waals surface area contributed by atoms with Crippen molar-refractivity contribution in [1.29, 1.82) is 0 Å². The Labute approximate surface area is 123 Å². The van der Waals surface area contributed by atoms with Gasteiger partial charge < -0.3 is 4.90 Å². The number of rotatable bonds is 4. The lowest BCUT2D eigenvalue weighted by molar-refractivity contribution is -0.00228. The molecule has 20 heavy (non-hydrogen) atoms. The molecule has 0 aromatic heterocycles. The molecule has 0 aromatic carbocycles. The summed E-state index contributed by atoms with van der Waals surface area (Å²) in [6.07, 6.45) is 8.11. The molecular weight excluding hydrogens is 272 g/mol. The van der Waals surface area contributed by atoms with E-state index in [-0.39, 0.29) is 11.2 Å². The number of sulfonamides is 1. The zero-order valence-electron chi connectivity index (χ0n) is 12.7. The van der Waals surface area contributed by atoms with Crippen molar-refractivity contribution in [1.82, 2.24) is 9.21 Å². The van der Waals surface area contributed by atoms with Crippen LogP contribution in [0.2, 0.25) is 0 Å². The first-order valence-corrected chi connectivity index (χ1v) is 9.84. The number of hydrogen-bond acceptors (Lipinski definition) is 3. The van der Waals surface area contributed by atoms with Crippen LogP contribution in [0.4, 0.5) is 0 Å². The molecule has 0 aromatic rings. The van der Waals surface area contributed by atoms with Gasteiger partial charge in [-0.3, -0.25) is 0 Å². The summed E-state index contributed by atoms with van der Waals surface area (Å²) in [5, 5.41) is 0. The Morgan fingerprint density at radius 2 is 1.80 bits per heavy atom. The van der Waals surface area contributed by atoms with E-state index in [1.807, 2.05) is 0 Å². The molecule has 3 fully saturated rings. The zero-order valence-corrected chi connectivity index (χ0v) is 13.5. The summed E-state index contributed by atoms with van der Waals surface area (Å²) >= 11 is 0. The van der Waals surface area contributed by atoms with Crippen LogP contribution in [0, 0.1) is 11.3 Å². The van der Waals surface area contributed by atoms with Gasteiger partial charge in [0, 0.05) is 38.1 Å². The van der Waals surface area contributed by atoms with Crippen LogP contribution in [-0.2, 0) is 10.0 Å². The normalized spacial score (nSPS) is 28.9. The van der Waals surface area contributed by atoms with Crippen molar-refractivity contribution in [3.05, 3.63) is 0 Å². The highest BCUT2D eigenvalue weighted by atomic mass is 32.2. The molecule has 1 spiro atoms. The van der Waals surface area contributed by atoms with Gasteiger partial charge in [0.15, 0.2) is 0 Å². The van der Waals surface area contributed by atoms with Gasteiger partial charge in [0.2, 0.25) is 10.0 Å². The molecule has 1 aliphatic carbocycles. The zero-order chi connectivity index (χ0) is 14.2. The molecule has 2 heterocycles. The minimum absolute atomic E-state index is 0.245. The van der Waals surface area contributed by atoms with Gasteiger partial charge in [-0.25, -0.2) is 12.7 Å². The maximum Gasteiger partial charge on any atom is 0.213 e. The molecule has 3 aliphatic rings. The molecule has 116 valence electrons. The summed E-state index contributed by atoms with van der Waals surface area (Å²) in [5.41, 5.74) is 0.289. The molecule has 0 N–H and O–H groups in total. The third-order valence-electron chi connectivity index (χ3n) is 5.52. The first kappa shape index (κ1) is 14.8. The van der Waals surface area contributed by atoms with Gasteiger partial charge in [-0.05, 0) is 32.1 Å². The first-order chi connectivity index (χ1) is 9.53. The quantitative estimate of drug-likeness (QED) is 0.796. The van der Waals surface area contributed by atoms with Gasteiger partial charge in [0.25, 0.3) is 0 Å². The molecule has 1 saturated carbocycles. The minimum atomic E-state index is -2.98. The van der Waals surface area contributed by atoms with E-state index < -0.39 is 10.0 Å². The lowest BCUT2D eigenvalue weighted by Crippen LogP contribution is -2.58. The molecule has 0 unspecified atom stereocenters. The summed E-state index contributed by atoms with van der Waals surface area (Å²) < 4.78 is 25.6. The monoisotopic (exact) mass is 300 g/mol. The van der Waals surface area contributed by atoms with E-state index in [4.69, 9.17) is 0 Å². The smallest absolute Gasteiger partial charge is 0.213 e. The third kappa shape index (κ3) is 2.90. The number of hydrogen-bond donors (Lipinski definition) is 0. The fourth-order valence-electron chi connectivity index (χ4n) is 4.34. The standard InChI is InChI=1S/C15H28N2O2S/c1-2-20(18,19)17-9-8-15(13-17)11-16(12-15)10-14-6-4-3-5-7-14/h14H,2-13H2,1H3. The highest BCUT2D eigenvalue weighted by Crippen LogP contribution is 2.41. The molecule has 5 heteroatoms. The maximum absolute atomic E-state index is 11.9. The van der Waals surface area contributed by atoms with Gasteiger partial charge >= 0.3 is 0 Å². The Kier molecular flexibility index (Phi) is 4.13. The average molecular weight is 300 g/mol. The molecule has 0 radical (unpaired) electrons. The van der Waals surface area contributed by atoms with Crippen molar-refractivity contribution in [3.63, 3.8) is 0 Å². The number of nitrogens with zero attached hydrogens (tertiary/aromatic N) is 2. The van der Waals surface area contributed by atoms with Gasteiger partial charge in [-0.1, -0.05) is 19.3 Å². The molecule has 2 saturated heterocycles. The van der Waals surface area contributed by atoms with Gasteiger partial charge in [0.05, 0.1) is 5.75 Å². The van der Waals surface area contributed by atoms with Crippen molar-refractivity contribution >= 4 is 10.0 Å². The molecule has 2 aliphatic heterocycles. The second-order valence-corrected chi connectivity index (χ2v) is 9.42. The fourth-order valence-corrected chi connectivity index (χ4v) is 5.54. The summed E-state index contributed by atoms with van der Waals surface area (Å²) in [7, 11) is -2.98. The van der Waals surface area contributed by atoms with E-state index in [0.29, 0.717) is 0 Å². The van der Waals surface area contributed by atoms with Crippen molar-refractivity contribution < 1.29 is 8.42 Å². The molecule has 4 nitrogen and oxygen atoms in total. The van der Waals surface area contributed by atoms with Crippen LogP contribution in [0.5, 0.6) is 0 Å². The average Bonchev–Trinajstić information content (AvgIpc) is 2.85. The van der Waals surface area contributed by atoms with Crippen LogP contribution >= 0.6 is 0 Å². The summed E-state index contributed by atoms with van der Waals surface area (Å²) in [4.78, 5) is 2.57. The van der Waals surface area contributed by atoms with Crippen LogP contribution in [0.1, 0.15) is 45.4 Å². The van der Waals surface area contributed by atoms with Crippen molar-refractivity contribution in [2.24, 2.45) is 11.3 Å². The predicted molar refractivity (Wildman–Crippen MR) is 81.1 cm³/mol. The molecule has 0 bridgehead atoms. The Hall–Kier alpha value is -0.130. The van der Waals surface area contributed by atoms with Gasteiger partial charge in [0.1, 0.15) is 0 Å². The second kappa shape index (κ2) is 5.58. The van der Waals surface area contributed by atoms with Crippen molar-refractivity contribution in [2.45, 2.75) is 45.4 Å². The Morgan fingerprint density at radius 1 is 1.10 bits per heavy atom. The van der Waals surface area contributed by atoms with E-state index in [1.165, 1.54) is 38.6 Å². The van der Waals surface area contributed by atoms with Crippen LogP contribution in [0.25, 0.3) is 0 Å². The van der Waals surface area contributed by atoms with Gasteiger partial charge in [-0.2, -0.15) is 0 Å². The van der Waals surface area contributed by atoms with Gasteiger partial charge in [-0.15, -0.1) is 0 Å². The first-order valence-electron chi connectivity index (χ1n) is 8.23. The Bertz CT molecular complexity index is 437.